The van der Waals surface area contributed by atoms with Gasteiger partial charge < -0.3 is 5.32 Å². The van der Waals surface area contributed by atoms with Crippen molar-refractivity contribution in [2.24, 2.45) is 0 Å². The largest absolute Gasteiger partial charge is 0.322 e. The number of nitro benzene ring substituents is 1. The summed E-state index contributed by atoms with van der Waals surface area (Å²) in [7, 11) is 0. The number of amides is 2. The van der Waals surface area contributed by atoms with Crippen molar-refractivity contribution in [1.82, 2.24) is 0 Å². The van der Waals surface area contributed by atoms with Crippen molar-refractivity contribution in [3.8, 4) is 0 Å². The van der Waals surface area contributed by atoms with Crippen molar-refractivity contribution in [3.05, 3.63) is 99.1 Å². The van der Waals surface area contributed by atoms with Gasteiger partial charge in [0, 0.05) is 28.6 Å². The van der Waals surface area contributed by atoms with Crippen LogP contribution in [-0.4, -0.2) is 22.5 Å². The molecule has 0 unspecified atom stereocenters. The first kappa shape index (κ1) is 21.6. The molecule has 1 heterocycles. The lowest BCUT2D eigenvalue weighted by molar-refractivity contribution is -0.385. The minimum atomic E-state index is -0.499. The molecule has 1 aliphatic rings. The number of rotatable bonds is 5. The lowest BCUT2D eigenvalue weighted by Crippen LogP contribution is -2.27. The normalized spacial score (nSPS) is 15.6. The highest BCUT2D eigenvalue weighted by Crippen LogP contribution is 2.42. The number of anilines is 2. The Morgan fingerprint density at radius 1 is 1.09 bits per heavy atom. The average molecular weight is 448 g/mol. The molecule has 8 heteroatoms. The first-order chi connectivity index (χ1) is 15.3. The second-order valence-corrected chi connectivity index (χ2v) is 8.67. The van der Waals surface area contributed by atoms with Gasteiger partial charge in [-0.15, -0.1) is 11.8 Å². The van der Waals surface area contributed by atoms with Crippen LogP contribution in [-0.2, 0) is 4.79 Å². The van der Waals surface area contributed by atoms with E-state index >= 15 is 0 Å². The highest BCUT2D eigenvalue weighted by molar-refractivity contribution is 8.00. The zero-order valence-electron chi connectivity index (χ0n) is 17.6. The molecule has 4 rings (SSSR count). The minimum Gasteiger partial charge on any atom is -0.322 e. The van der Waals surface area contributed by atoms with E-state index in [0.717, 1.165) is 16.8 Å². The molecule has 0 saturated carbocycles. The van der Waals surface area contributed by atoms with Gasteiger partial charge in [-0.1, -0.05) is 35.9 Å². The number of thioether (sulfide) groups is 1. The lowest BCUT2D eigenvalue weighted by Gasteiger charge is -2.25. The van der Waals surface area contributed by atoms with Crippen LogP contribution < -0.4 is 10.2 Å². The molecule has 32 heavy (non-hydrogen) atoms. The van der Waals surface area contributed by atoms with Crippen molar-refractivity contribution in [1.29, 1.82) is 0 Å². The van der Waals surface area contributed by atoms with E-state index in [2.05, 4.69) is 5.32 Å². The van der Waals surface area contributed by atoms with Crippen molar-refractivity contribution in [2.45, 2.75) is 19.2 Å². The van der Waals surface area contributed by atoms with Gasteiger partial charge in [-0.25, -0.2) is 0 Å². The van der Waals surface area contributed by atoms with Gasteiger partial charge in [0.15, 0.2) is 0 Å². The molecule has 3 aromatic rings. The number of nitro groups is 1. The Balaban J connectivity index is 1.58. The summed E-state index contributed by atoms with van der Waals surface area (Å²) < 4.78 is 0. The highest BCUT2D eigenvalue weighted by Gasteiger charge is 2.34. The minimum absolute atomic E-state index is 0.0326. The monoisotopic (exact) mass is 447 g/mol. The number of benzene rings is 3. The zero-order chi connectivity index (χ0) is 22.8. The fraction of sp³-hybridized carbons (Fsp3) is 0.167. The third kappa shape index (κ3) is 4.36. The molecule has 7 nitrogen and oxygen atoms in total. The third-order valence-electron chi connectivity index (χ3n) is 5.28. The maximum atomic E-state index is 12.7. The van der Waals surface area contributed by atoms with Crippen LogP contribution in [0.15, 0.2) is 66.7 Å². The Kier molecular flexibility index (Phi) is 5.96. The van der Waals surface area contributed by atoms with E-state index in [9.17, 15) is 19.7 Å². The van der Waals surface area contributed by atoms with Gasteiger partial charge in [0.1, 0.15) is 5.37 Å². The van der Waals surface area contributed by atoms with Crippen molar-refractivity contribution >= 4 is 40.6 Å². The summed E-state index contributed by atoms with van der Waals surface area (Å²) in [5.41, 5.74) is 3.99. The van der Waals surface area contributed by atoms with E-state index < -0.39 is 10.8 Å². The molecule has 0 bridgehead atoms. The van der Waals surface area contributed by atoms with Gasteiger partial charge >= 0.3 is 0 Å². The van der Waals surface area contributed by atoms with Gasteiger partial charge in [-0.05, 0) is 49.7 Å². The van der Waals surface area contributed by atoms with Gasteiger partial charge in [-0.2, -0.15) is 0 Å². The Bertz CT molecular complexity index is 1210. The lowest BCUT2D eigenvalue weighted by atomic mass is 10.1. The molecule has 162 valence electrons. The van der Waals surface area contributed by atoms with Gasteiger partial charge in [0.25, 0.3) is 11.6 Å². The summed E-state index contributed by atoms with van der Waals surface area (Å²) in [6.45, 7) is 3.63. The Morgan fingerprint density at radius 2 is 1.84 bits per heavy atom. The SMILES string of the molecule is Cc1ccc(N2C(=O)CS[C@@H]2c2cccc(NC(=O)c3ccc(C)c([N+](=O)[O-])c3)c2)cc1. The van der Waals surface area contributed by atoms with Crippen LogP contribution in [0.25, 0.3) is 0 Å². The Labute approximate surface area is 189 Å². The van der Waals surface area contributed by atoms with E-state index in [1.807, 2.05) is 49.4 Å². The Morgan fingerprint density at radius 3 is 2.56 bits per heavy atom. The molecule has 1 aliphatic heterocycles. The molecule has 0 spiro atoms. The number of aryl methyl sites for hydroxylation is 2. The van der Waals surface area contributed by atoms with Crippen molar-refractivity contribution < 1.29 is 14.5 Å². The van der Waals surface area contributed by atoms with Gasteiger partial charge in [0.05, 0.1) is 10.7 Å². The zero-order valence-corrected chi connectivity index (χ0v) is 18.4. The van der Waals surface area contributed by atoms with E-state index in [-0.39, 0.29) is 22.5 Å². The average Bonchev–Trinajstić information content (AvgIpc) is 3.16. The molecular weight excluding hydrogens is 426 g/mol. The van der Waals surface area contributed by atoms with Crippen LogP contribution in [0.4, 0.5) is 17.1 Å². The second-order valence-electron chi connectivity index (χ2n) is 7.60. The molecule has 1 fully saturated rings. The quantitative estimate of drug-likeness (QED) is 0.426. The topological polar surface area (TPSA) is 92.6 Å². The maximum Gasteiger partial charge on any atom is 0.273 e. The predicted molar refractivity (Wildman–Crippen MR) is 126 cm³/mol. The number of hydrogen-bond acceptors (Lipinski definition) is 5. The Hall–Kier alpha value is -3.65. The maximum absolute atomic E-state index is 12.7. The fourth-order valence-corrected chi connectivity index (χ4v) is 4.74. The number of hydrogen-bond donors (Lipinski definition) is 1. The van der Waals surface area contributed by atoms with Crippen molar-refractivity contribution in [2.75, 3.05) is 16.0 Å². The summed E-state index contributed by atoms with van der Waals surface area (Å²) in [5.74, 6) is -0.0247. The summed E-state index contributed by atoms with van der Waals surface area (Å²) in [4.78, 5) is 37.7. The van der Waals surface area contributed by atoms with Gasteiger partial charge in [0.2, 0.25) is 5.91 Å². The number of nitrogens with zero attached hydrogens (tertiary/aromatic N) is 2. The van der Waals surface area contributed by atoms with Crippen LogP contribution in [0.5, 0.6) is 0 Å². The third-order valence-corrected chi connectivity index (χ3v) is 6.49. The summed E-state index contributed by atoms with van der Waals surface area (Å²) in [5, 5.41) is 13.8. The molecule has 1 saturated heterocycles. The highest BCUT2D eigenvalue weighted by atomic mass is 32.2. The summed E-state index contributed by atoms with van der Waals surface area (Å²) in [6, 6.07) is 19.5. The van der Waals surface area contributed by atoms with E-state index in [0.29, 0.717) is 17.0 Å². The van der Waals surface area contributed by atoms with E-state index in [1.165, 1.54) is 17.8 Å². The number of carbonyl (C=O) groups is 2. The first-order valence-corrected chi connectivity index (χ1v) is 11.0. The van der Waals surface area contributed by atoms with E-state index in [1.54, 1.807) is 30.0 Å². The molecule has 0 aromatic heterocycles. The molecular formula is C24H21N3O4S. The molecule has 2 amide bonds. The standard InChI is InChI=1S/C24H21N3O4S/c1-15-6-10-20(11-7-15)26-22(28)14-32-24(26)18-4-3-5-19(12-18)25-23(29)17-9-8-16(2)21(13-17)27(30)31/h3-13,24H,14H2,1-2H3,(H,25,29)/t24-/m1/s1. The summed E-state index contributed by atoms with van der Waals surface area (Å²) in [6.07, 6.45) is 0. The molecule has 1 atom stereocenters. The fourth-order valence-electron chi connectivity index (χ4n) is 3.58. The van der Waals surface area contributed by atoms with E-state index in [4.69, 9.17) is 0 Å². The van der Waals surface area contributed by atoms with Crippen LogP contribution in [0.2, 0.25) is 0 Å². The summed E-state index contributed by atoms with van der Waals surface area (Å²) >= 11 is 1.53. The van der Waals surface area contributed by atoms with Gasteiger partial charge in [-0.3, -0.25) is 24.6 Å². The molecule has 1 N–H and O–H groups in total. The molecule has 0 radical (unpaired) electrons. The number of nitrogens with one attached hydrogen (secondary N) is 1. The second kappa shape index (κ2) is 8.84. The smallest absolute Gasteiger partial charge is 0.273 e. The molecule has 3 aromatic carbocycles. The van der Waals surface area contributed by atoms with Crippen LogP contribution >= 0.6 is 11.8 Å². The number of carbonyl (C=O) groups excluding carboxylic acids is 2. The van der Waals surface area contributed by atoms with Crippen LogP contribution in [0, 0.1) is 24.0 Å². The van der Waals surface area contributed by atoms with Crippen LogP contribution in [0.1, 0.15) is 32.4 Å². The first-order valence-electron chi connectivity index (χ1n) is 10.00. The van der Waals surface area contributed by atoms with Crippen molar-refractivity contribution in [3.63, 3.8) is 0 Å². The van der Waals surface area contributed by atoms with Crippen LogP contribution in [0.3, 0.4) is 0 Å². The predicted octanol–water partition coefficient (Wildman–Crippen LogP) is 5.24. The molecule has 0 aliphatic carbocycles.